The van der Waals surface area contributed by atoms with Gasteiger partial charge < -0.3 is 5.32 Å². The lowest BCUT2D eigenvalue weighted by Gasteiger charge is -2.31. The Bertz CT molecular complexity index is 774. The van der Waals surface area contributed by atoms with Gasteiger partial charge in [-0.25, -0.2) is 0 Å². The number of amides is 1. The summed E-state index contributed by atoms with van der Waals surface area (Å²) in [6, 6.07) is 8.79. The van der Waals surface area contributed by atoms with Crippen LogP contribution in [0, 0.1) is 5.92 Å². The van der Waals surface area contributed by atoms with Crippen molar-refractivity contribution in [2.45, 2.75) is 12.8 Å². The van der Waals surface area contributed by atoms with Crippen LogP contribution in [-0.4, -0.2) is 46.0 Å². The number of nitrogens with one attached hydrogen (secondary N) is 1. The summed E-state index contributed by atoms with van der Waals surface area (Å²) in [6.45, 7) is 1.66. The number of hydrogen-bond acceptors (Lipinski definition) is 4. The van der Waals surface area contributed by atoms with Crippen molar-refractivity contribution in [3.05, 3.63) is 47.1 Å². The Kier molecular flexibility index (Phi) is 5.50. The molecule has 1 aliphatic heterocycles. The molecular weight excluding hydrogens is 340 g/mol. The van der Waals surface area contributed by atoms with E-state index in [0.29, 0.717) is 22.9 Å². The maximum absolute atomic E-state index is 12.7. The van der Waals surface area contributed by atoms with Crippen molar-refractivity contribution in [1.29, 1.82) is 0 Å². The van der Waals surface area contributed by atoms with Crippen molar-refractivity contribution in [3.8, 4) is 0 Å². The van der Waals surface area contributed by atoms with E-state index in [1.807, 2.05) is 4.90 Å². The lowest BCUT2D eigenvalue weighted by Crippen LogP contribution is -2.42. The number of Topliss-reactive ketones (excluding diaryl/α,β-unsaturated/α-hetero) is 1. The molecule has 132 valence electrons. The van der Waals surface area contributed by atoms with E-state index in [1.54, 1.807) is 48.3 Å². The van der Waals surface area contributed by atoms with Crippen LogP contribution < -0.4 is 5.32 Å². The Morgan fingerprint density at radius 2 is 2.20 bits per heavy atom. The first-order chi connectivity index (χ1) is 12.0. The molecule has 2 aromatic rings. The highest BCUT2D eigenvalue weighted by Crippen LogP contribution is 2.22. The molecule has 0 unspecified atom stereocenters. The topological polar surface area (TPSA) is 67.2 Å². The highest BCUT2D eigenvalue weighted by molar-refractivity contribution is 6.31. The third kappa shape index (κ3) is 4.67. The summed E-state index contributed by atoms with van der Waals surface area (Å²) in [5.41, 5.74) is 0.636. The summed E-state index contributed by atoms with van der Waals surface area (Å²) in [7, 11) is 1.80. The van der Waals surface area contributed by atoms with Gasteiger partial charge in [-0.15, -0.1) is 0 Å². The fourth-order valence-electron chi connectivity index (χ4n) is 3.16. The molecule has 0 saturated carbocycles. The molecule has 1 amide bonds. The fraction of sp³-hybridized carbons (Fsp3) is 0.389. The van der Waals surface area contributed by atoms with Crippen LogP contribution >= 0.6 is 11.6 Å². The number of carbonyl (C=O) groups excluding carboxylic acids is 2. The van der Waals surface area contributed by atoms with E-state index < -0.39 is 0 Å². The average Bonchev–Trinajstić information content (AvgIpc) is 2.99. The van der Waals surface area contributed by atoms with Crippen molar-refractivity contribution in [1.82, 2.24) is 14.7 Å². The second-order valence-corrected chi connectivity index (χ2v) is 6.81. The third-order valence-corrected chi connectivity index (χ3v) is 4.57. The van der Waals surface area contributed by atoms with Crippen LogP contribution in [0.2, 0.25) is 5.02 Å². The maximum Gasteiger partial charge on any atom is 0.239 e. The van der Waals surface area contributed by atoms with Gasteiger partial charge in [-0.3, -0.25) is 19.2 Å². The monoisotopic (exact) mass is 360 g/mol. The van der Waals surface area contributed by atoms with E-state index >= 15 is 0 Å². The minimum Gasteiger partial charge on any atom is -0.308 e. The van der Waals surface area contributed by atoms with Crippen LogP contribution in [0.3, 0.4) is 0 Å². The van der Waals surface area contributed by atoms with E-state index in [0.717, 1.165) is 19.4 Å². The molecule has 0 aliphatic carbocycles. The third-order valence-electron chi connectivity index (χ3n) is 4.33. The molecule has 0 spiro atoms. The van der Waals surface area contributed by atoms with Gasteiger partial charge in [-0.05, 0) is 31.5 Å². The number of hydrogen-bond donors (Lipinski definition) is 1. The van der Waals surface area contributed by atoms with E-state index in [1.165, 1.54) is 0 Å². The minimum absolute atomic E-state index is 0.0948. The van der Waals surface area contributed by atoms with E-state index in [9.17, 15) is 9.59 Å². The number of ketones is 1. The molecule has 2 heterocycles. The number of piperidine rings is 1. The predicted octanol–water partition coefficient (Wildman–Crippen LogP) is 2.61. The molecule has 1 aromatic carbocycles. The van der Waals surface area contributed by atoms with Gasteiger partial charge in [0.15, 0.2) is 11.6 Å². The van der Waals surface area contributed by atoms with Gasteiger partial charge in [-0.2, -0.15) is 5.10 Å². The van der Waals surface area contributed by atoms with Gasteiger partial charge in [0.25, 0.3) is 0 Å². The molecule has 1 aliphatic rings. The van der Waals surface area contributed by atoms with Gasteiger partial charge in [-0.1, -0.05) is 23.7 Å². The summed E-state index contributed by atoms with van der Waals surface area (Å²) in [6.07, 6.45) is 3.51. The van der Waals surface area contributed by atoms with Gasteiger partial charge in [0, 0.05) is 42.4 Å². The Morgan fingerprint density at radius 1 is 1.36 bits per heavy atom. The smallest absolute Gasteiger partial charge is 0.239 e. The molecule has 7 heteroatoms. The Balaban J connectivity index is 1.57. The van der Waals surface area contributed by atoms with Gasteiger partial charge in [0.05, 0.1) is 6.54 Å². The van der Waals surface area contributed by atoms with Crippen molar-refractivity contribution < 1.29 is 9.59 Å². The van der Waals surface area contributed by atoms with Gasteiger partial charge >= 0.3 is 0 Å². The number of rotatable bonds is 5. The number of benzene rings is 1. The normalized spacial score (nSPS) is 18.1. The molecule has 1 saturated heterocycles. The predicted molar refractivity (Wildman–Crippen MR) is 96.8 cm³/mol. The van der Waals surface area contributed by atoms with Gasteiger partial charge in [0.2, 0.25) is 5.91 Å². The van der Waals surface area contributed by atoms with E-state index in [-0.39, 0.29) is 24.2 Å². The molecule has 1 aromatic heterocycles. The van der Waals surface area contributed by atoms with Crippen LogP contribution in [0.5, 0.6) is 0 Å². The van der Waals surface area contributed by atoms with E-state index in [2.05, 4.69) is 10.4 Å². The lowest BCUT2D eigenvalue weighted by atomic mass is 9.90. The van der Waals surface area contributed by atoms with Crippen LogP contribution in [0.1, 0.15) is 23.2 Å². The quantitative estimate of drug-likeness (QED) is 0.832. The standard InChI is InChI=1S/C18H21ClN4O2/c1-22-9-7-16(21-22)20-17(24)12-23-8-3-5-14(11-23)18(25)13-4-2-6-15(19)10-13/h2,4,6-7,9-10,14H,3,5,8,11-12H2,1H3,(H,20,21,24)/t14-/m1/s1. The van der Waals surface area contributed by atoms with Crippen LogP contribution in [-0.2, 0) is 11.8 Å². The number of likely N-dealkylation sites (tertiary alicyclic amines) is 1. The summed E-state index contributed by atoms with van der Waals surface area (Å²) in [5.74, 6) is 0.415. The van der Waals surface area contributed by atoms with Crippen molar-refractivity contribution >= 4 is 29.1 Å². The molecule has 6 nitrogen and oxygen atoms in total. The summed E-state index contributed by atoms with van der Waals surface area (Å²) in [5, 5.41) is 7.48. The zero-order valence-electron chi connectivity index (χ0n) is 14.1. The highest BCUT2D eigenvalue weighted by Gasteiger charge is 2.27. The van der Waals surface area contributed by atoms with Crippen molar-refractivity contribution in [2.24, 2.45) is 13.0 Å². The number of nitrogens with zero attached hydrogens (tertiary/aromatic N) is 3. The molecule has 1 N–H and O–H groups in total. The highest BCUT2D eigenvalue weighted by atomic mass is 35.5. The molecule has 0 bridgehead atoms. The van der Waals surface area contributed by atoms with Crippen LogP contribution in [0.4, 0.5) is 5.82 Å². The molecule has 1 fully saturated rings. The average molecular weight is 361 g/mol. The Labute approximate surface area is 151 Å². The van der Waals surface area contributed by atoms with Crippen molar-refractivity contribution in [3.63, 3.8) is 0 Å². The Morgan fingerprint density at radius 3 is 2.92 bits per heavy atom. The molecular formula is C18H21ClN4O2. The largest absolute Gasteiger partial charge is 0.308 e. The summed E-state index contributed by atoms with van der Waals surface area (Å²) in [4.78, 5) is 26.9. The molecule has 1 atom stereocenters. The number of carbonyl (C=O) groups is 2. The van der Waals surface area contributed by atoms with Crippen molar-refractivity contribution in [2.75, 3.05) is 25.0 Å². The number of halogens is 1. The lowest BCUT2D eigenvalue weighted by molar-refractivity contribution is -0.117. The summed E-state index contributed by atoms with van der Waals surface area (Å²) >= 11 is 5.98. The molecule has 0 radical (unpaired) electrons. The molecule has 25 heavy (non-hydrogen) atoms. The first-order valence-corrected chi connectivity index (χ1v) is 8.70. The first kappa shape index (κ1) is 17.6. The van der Waals surface area contributed by atoms with E-state index in [4.69, 9.17) is 11.6 Å². The Hall–Kier alpha value is -2.18. The first-order valence-electron chi connectivity index (χ1n) is 8.33. The second kappa shape index (κ2) is 7.80. The number of aryl methyl sites for hydroxylation is 1. The van der Waals surface area contributed by atoms with Gasteiger partial charge in [0.1, 0.15) is 0 Å². The minimum atomic E-state index is -0.116. The second-order valence-electron chi connectivity index (χ2n) is 6.37. The SMILES string of the molecule is Cn1ccc(NC(=O)CN2CCC[C@@H](C(=O)c3cccc(Cl)c3)C2)n1. The maximum atomic E-state index is 12.7. The van der Waals surface area contributed by atoms with Crippen LogP contribution in [0.15, 0.2) is 36.5 Å². The zero-order chi connectivity index (χ0) is 17.8. The fourth-order valence-corrected chi connectivity index (χ4v) is 3.35. The summed E-state index contributed by atoms with van der Waals surface area (Å²) < 4.78 is 1.64. The number of anilines is 1. The zero-order valence-corrected chi connectivity index (χ0v) is 14.9. The molecule has 3 rings (SSSR count). The van der Waals surface area contributed by atoms with Crippen LogP contribution in [0.25, 0.3) is 0 Å². The number of aromatic nitrogens is 2.